The second-order valence-corrected chi connectivity index (χ2v) is 4.96. The normalized spacial score (nSPS) is 11.0. The Morgan fingerprint density at radius 1 is 1.25 bits per heavy atom. The number of amides is 1. The molecule has 6 heteroatoms. The van der Waals surface area contributed by atoms with Crippen molar-refractivity contribution < 1.29 is 9.21 Å². The SMILES string of the molecule is N#C/C(=C/Nc1cccc2cccnc12)C(=O)NCc1ccco1. The predicted octanol–water partition coefficient (Wildman–Crippen LogP) is 2.96. The molecule has 1 amide bonds. The standard InChI is InChI=1S/C18H14N4O2/c19-10-14(18(23)22-12-15-6-3-9-24-15)11-21-16-7-1-4-13-5-2-8-20-17(13)16/h1-9,11,21H,12H2,(H,22,23)/b14-11-. The van der Waals surface area contributed by atoms with E-state index >= 15 is 0 Å². The molecule has 2 aromatic heterocycles. The first kappa shape index (κ1) is 15.3. The van der Waals surface area contributed by atoms with E-state index in [1.807, 2.05) is 36.4 Å². The minimum atomic E-state index is -0.477. The lowest BCUT2D eigenvalue weighted by Crippen LogP contribution is -2.24. The van der Waals surface area contributed by atoms with E-state index in [9.17, 15) is 10.1 Å². The number of carbonyl (C=O) groups excluding carboxylic acids is 1. The maximum absolute atomic E-state index is 12.1. The molecule has 0 radical (unpaired) electrons. The number of nitrogens with zero attached hydrogens (tertiary/aromatic N) is 2. The fraction of sp³-hybridized carbons (Fsp3) is 0.0556. The van der Waals surface area contributed by atoms with E-state index in [1.54, 1.807) is 18.3 Å². The van der Waals surface area contributed by atoms with Gasteiger partial charge in [0.15, 0.2) is 0 Å². The van der Waals surface area contributed by atoms with Gasteiger partial charge in [0.2, 0.25) is 0 Å². The van der Waals surface area contributed by atoms with Gasteiger partial charge in [0.25, 0.3) is 5.91 Å². The number of nitrogens with one attached hydrogen (secondary N) is 2. The molecule has 0 aliphatic rings. The zero-order chi connectivity index (χ0) is 16.8. The lowest BCUT2D eigenvalue weighted by Gasteiger charge is -2.06. The first-order valence-corrected chi connectivity index (χ1v) is 7.29. The van der Waals surface area contributed by atoms with Crippen LogP contribution in [0.4, 0.5) is 5.69 Å². The van der Waals surface area contributed by atoms with E-state index in [1.165, 1.54) is 12.5 Å². The maximum Gasteiger partial charge on any atom is 0.263 e. The molecule has 0 saturated carbocycles. The van der Waals surface area contributed by atoms with Crippen LogP contribution in [-0.2, 0) is 11.3 Å². The molecular formula is C18H14N4O2. The van der Waals surface area contributed by atoms with Crippen molar-refractivity contribution in [1.29, 1.82) is 5.26 Å². The Kier molecular flexibility index (Phi) is 4.54. The Bertz CT molecular complexity index is 918. The molecule has 0 fully saturated rings. The van der Waals surface area contributed by atoms with Gasteiger partial charge in [-0.3, -0.25) is 9.78 Å². The van der Waals surface area contributed by atoms with Crippen LogP contribution in [0.25, 0.3) is 10.9 Å². The second-order valence-electron chi connectivity index (χ2n) is 4.96. The summed E-state index contributed by atoms with van der Waals surface area (Å²) >= 11 is 0. The third-order valence-corrected chi connectivity index (χ3v) is 3.37. The number of aromatic nitrogens is 1. The molecule has 0 unspecified atom stereocenters. The molecule has 1 aromatic carbocycles. The molecule has 3 rings (SSSR count). The third-order valence-electron chi connectivity index (χ3n) is 3.37. The van der Waals surface area contributed by atoms with E-state index in [2.05, 4.69) is 15.6 Å². The van der Waals surface area contributed by atoms with Crippen LogP contribution in [0.1, 0.15) is 5.76 Å². The van der Waals surface area contributed by atoms with Crippen LogP contribution in [0.5, 0.6) is 0 Å². The quantitative estimate of drug-likeness (QED) is 0.557. The molecule has 0 aliphatic heterocycles. The van der Waals surface area contributed by atoms with Gasteiger partial charge in [0.05, 0.1) is 24.0 Å². The number of pyridine rings is 1. The number of anilines is 1. The van der Waals surface area contributed by atoms with E-state index in [0.717, 1.165) is 16.6 Å². The molecule has 6 nitrogen and oxygen atoms in total. The van der Waals surface area contributed by atoms with Crippen LogP contribution >= 0.6 is 0 Å². The molecule has 0 atom stereocenters. The molecule has 118 valence electrons. The van der Waals surface area contributed by atoms with Crippen molar-refractivity contribution in [2.45, 2.75) is 6.54 Å². The number of carbonyl (C=O) groups is 1. The van der Waals surface area contributed by atoms with Gasteiger partial charge in [-0.2, -0.15) is 5.26 Å². The van der Waals surface area contributed by atoms with E-state index in [-0.39, 0.29) is 12.1 Å². The van der Waals surface area contributed by atoms with Gasteiger partial charge in [-0.1, -0.05) is 18.2 Å². The Hall–Kier alpha value is -3.59. The van der Waals surface area contributed by atoms with E-state index in [4.69, 9.17) is 4.42 Å². The summed E-state index contributed by atoms with van der Waals surface area (Å²) in [6.07, 6.45) is 4.59. The van der Waals surface area contributed by atoms with Gasteiger partial charge >= 0.3 is 0 Å². The summed E-state index contributed by atoms with van der Waals surface area (Å²) < 4.78 is 5.13. The van der Waals surface area contributed by atoms with E-state index in [0.29, 0.717) is 5.76 Å². The fourth-order valence-corrected chi connectivity index (χ4v) is 2.19. The number of furan rings is 1. The van der Waals surface area contributed by atoms with Gasteiger partial charge in [-0.25, -0.2) is 0 Å². The Morgan fingerprint density at radius 2 is 2.12 bits per heavy atom. The average molecular weight is 318 g/mol. The molecule has 0 aliphatic carbocycles. The van der Waals surface area contributed by atoms with Gasteiger partial charge in [0, 0.05) is 17.8 Å². The number of hydrogen-bond acceptors (Lipinski definition) is 5. The molecule has 3 aromatic rings. The number of rotatable bonds is 5. The van der Waals surface area contributed by atoms with Gasteiger partial charge in [0.1, 0.15) is 17.4 Å². The lowest BCUT2D eigenvalue weighted by molar-refractivity contribution is -0.117. The van der Waals surface area contributed by atoms with Crippen molar-refractivity contribution in [3.8, 4) is 6.07 Å². The molecule has 0 saturated heterocycles. The second kappa shape index (κ2) is 7.11. The maximum atomic E-state index is 12.1. The number of para-hydroxylation sites is 1. The summed E-state index contributed by atoms with van der Waals surface area (Å²) in [7, 11) is 0. The van der Waals surface area contributed by atoms with Crippen LogP contribution in [0.2, 0.25) is 0 Å². The highest BCUT2D eigenvalue weighted by Gasteiger charge is 2.09. The highest BCUT2D eigenvalue weighted by atomic mass is 16.3. The summed E-state index contributed by atoms with van der Waals surface area (Å²) in [6.45, 7) is 0.223. The highest BCUT2D eigenvalue weighted by molar-refractivity contribution is 5.98. The summed E-state index contributed by atoms with van der Waals surface area (Å²) in [4.78, 5) is 16.4. The zero-order valence-corrected chi connectivity index (χ0v) is 12.7. The molecule has 2 heterocycles. The summed E-state index contributed by atoms with van der Waals surface area (Å²) in [5.74, 6) is 0.140. The predicted molar refractivity (Wildman–Crippen MR) is 89.6 cm³/mol. The molecule has 24 heavy (non-hydrogen) atoms. The number of nitriles is 1. The van der Waals surface area contributed by atoms with Gasteiger partial charge < -0.3 is 15.1 Å². The topological polar surface area (TPSA) is 91.0 Å². The number of hydrogen-bond donors (Lipinski definition) is 2. The Balaban J connectivity index is 1.73. The van der Waals surface area contributed by atoms with Crippen LogP contribution < -0.4 is 10.6 Å². The Labute approximate surface area is 138 Å². The van der Waals surface area contributed by atoms with Gasteiger partial charge in [-0.05, 0) is 24.3 Å². The first-order chi connectivity index (χ1) is 11.8. The summed E-state index contributed by atoms with van der Waals surface area (Å²) in [5.41, 5.74) is 1.46. The van der Waals surface area contributed by atoms with Crippen molar-refractivity contribution in [2.24, 2.45) is 0 Å². The number of fused-ring (bicyclic) bond motifs is 1. The molecule has 0 spiro atoms. The lowest BCUT2D eigenvalue weighted by atomic mass is 10.2. The highest BCUT2D eigenvalue weighted by Crippen LogP contribution is 2.20. The largest absolute Gasteiger partial charge is 0.467 e. The van der Waals surface area contributed by atoms with Crippen molar-refractivity contribution in [2.75, 3.05) is 5.32 Å². The Morgan fingerprint density at radius 3 is 2.92 bits per heavy atom. The van der Waals surface area contributed by atoms with Crippen LogP contribution in [-0.4, -0.2) is 10.9 Å². The zero-order valence-electron chi connectivity index (χ0n) is 12.7. The molecular weight excluding hydrogens is 304 g/mol. The summed E-state index contributed by atoms with van der Waals surface area (Å²) in [5, 5.41) is 15.8. The smallest absolute Gasteiger partial charge is 0.263 e. The average Bonchev–Trinajstić information content (AvgIpc) is 3.14. The first-order valence-electron chi connectivity index (χ1n) is 7.29. The molecule has 2 N–H and O–H groups in total. The van der Waals surface area contributed by atoms with Crippen LogP contribution in [0.3, 0.4) is 0 Å². The summed E-state index contributed by atoms with van der Waals surface area (Å²) in [6, 6.07) is 14.8. The van der Waals surface area contributed by atoms with Crippen LogP contribution in [0, 0.1) is 11.3 Å². The van der Waals surface area contributed by atoms with Crippen molar-refractivity contribution in [1.82, 2.24) is 10.3 Å². The minimum absolute atomic E-state index is 0.0329. The number of benzene rings is 1. The minimum Gasteiger partial charge on any atom is -0.467 e. The monoisotopic (exact) mass is 318 g/mol. The van der Waals surface area contributed by atoms with Crippen molar-refractivity contribution in [3.63, 3.8) is 0 Å². The third kappa shape index (κ3) is 3.42. The van der Waals surface area contributed by atoms with E-state index < -0.39 is 5.91 Å². The van der Waals surface area contributed by atoms with Gasteiger partial charge in [-0.15, -0.1) is 0 Å². The molecule has 0 bridgehead atoms. The van der Waals surface area contributed by atoms with Crippen molar-refractivity contribution >= 4 is 22.5 Å². The fourth-order valence-electron chi connectivity index (χ4n) is 2.19. The van der Waals surface area contributed by atoms with Crippen molar-refractivity contribution in [3.05, 3.63) is 72.5 Å². The van der Waals surface area contributed by atoms with Crippen LogP contribution in [0.15, 0.2) is 71.1 Å².